The molecule has 1 fully saturated rings. The topological polar surface area (TPSA) is 80.1 Å². The molecule has 1 aliphatic rings. The molecule has 1 saturated heterocycles. The lowest BCUT2D eigenvalue weighted by atomic mass is 10.1. The van der Waals surface area contributed by atoms with Crippen LogP contribution in [-0.4, -0.2) is 44.6 Å². The summed E-state index contributed by atoms with van der Waals surface area (Å²) in [5.74, 6) is 0.237. The fourth-order valence-corrected chi connectivity index (χ4v) is 3.76. The summed E-state index contributed by atoms with van der Waals surface area (Å²) < 4.78 is 1.77. The molecule has 1 unspecified atom stereocenters. The maximum absolute atomic E-state index is 12.7. The number of rotatable bonds is 6. The lowest BCUT2D eigenvalue weighted by Gasteiger charge is -2.16. The minimum Gasteiger partial charge on any atom is -0.342 e. The van der Waals surface area contributed by atoms with Crippen LogP contribution < -0.4 is 5.32 Å². The molecule has 1 atom stereocenters. The lowest BCUT2D eigenvalue weighted by Crippen LogP contribution is -2.30. The standard InChI is InChI=1S/C23H25N5O2/c1-16-12-17(2)28(26-16)21-9-8-20(14-24-21)25-23(30)19-13-22(29)27(15-19)11-10-18-6-4-3-5-7-18/h3-9,12,14,19H,10-11,13,15H2,1-2H3,(H,25,30). The van der Waals surface area contributed by atoms with E-state index in [0.717, 1.165) is 17.8 Å². The second-order valence-electron chi connectivity index (χ2n) is 7.71. The van der Waals surface area contributed by atoms with Gasteiger partial charge < -0.3 is 10.2 Å². The normalized spacial score (nSPS) is 16.1. The number of carbonyl (C=O) groups is 2. The molecule has 7 heteroatoms. The Labute approximate surface area is 175 Å². The number of carbonyl (C=O) groups excluding carboxylic acids is 2. The van der Waals surface area contributed by atoms with Crippen LogP contribution in [0.25, 0.3) is 5.82 Å². The van der Waals surface area contributed by atoms with Crippen molar-refractivity contribution in [3.05, 3.63) is 71.7 Å². The van der Waals surface area contributed by atoms with Gasteiger partial charge in [0.05, 0.1) is 23.5 Å². The van der Waals surface area contributed by atoms with Gasteiger partial charge in [0.2, 0.25) is 11.8 Å². The maximum atomic E-state index is 12.7. The van der Waals surface area contributed by atoms with Crippen LogP contribution in [-0.2, 0) is 16.0 Å². The third-order valence-corrected chi connectivity index (χ3v) is 5.34. The number of likely N-dealkylation sites (tertiary alicyclic amines) is 1. The average Bonchev–Trinajstić information content (AvgIpc) is 3.29. The van der Waals surface area contributed by atoms with E-state index in [1.54, 1.807) is 21.8 Å². The Bertz CT molecular complexity index is 1040. The summed E-state index contributed by atoms with van der Waals surface area (Å²) in [5, 5.41) is 7.30. The number of nitrogens with one attached hydrogen (secondary N) is 1. The highest BCUT2D eigenvalue weighted by Gasteiger charge is 2.34. The van der Waals surface area contributed by atoms with Crippen molar-refractivity contribution in [2.24, 2.45) is 5.92 Å². The molecule has 0 aliphatic carbocycles. The highest BCUT2D eigenvalue weighted by atomic mass is 16.2. The van der Waals surface area contributed by atoms with Gasteiger partial charge in [-0.1, -0.05) is 30.3 Å². The second kappa shape index (κ2) is 8.49. The van der Waals surface area contributed by atoms with Crippen LogP contribution in [0.5, 0.6) is 0 Å². The Balaban J connectivity index is 1.33. The molecule has 0 saturated carbocycles. The zero-order valence-corrected chi connectivity index (χ0v) is 17.2. The third-order valence-electron chi connectivity index (χ3n) is 5.34. The summed E-state index contributed by atoms with van der Waals surface area (Å²) in [6.07, 6.45) is 2.66. The average molecular weight is 403 g/mol. The third kappa shape index (κ3) is 4.40. The van der Waals surface area contributed by atoms with E-state index in [9.17, 15) is 9.59 Å². The molecule has 7 nitrogen and oxygen atoms in total. The van der Waals surface area contributed by atoms with Crippen LogP contribution in [0.3, 0.4) is 0 Å². The Morgan fingerprint density at radius 1 is 1.17 bits per heavy atom. The molecular formula is C23H25N5O2. The quantitative estimate of drug-likeness (QED) is 0.686. The first-order chi connectivity index (χ1) is 14.5. The molecule has 1 aliphatic heterocycles. The van der Waals surface area contributed by atoms with E-state index in [1.165, 1.54) is 5.56 Å². The molecular weight excluding hydrogens is 378 g/mol. The van der Waals surface area contributed by atoms with Crippen LogP contribution in [0.2, 0.25) is 0 Å². The van der Waals surface area contributed by atoms with Gasteiger partial charge in [-0.05, 0) is 44.0 Å². The van der Waals surface area contributed by atoms with E-state index in [0.29, 0.717) is 24.6 Å². The zero-order chi connectivity index (χ0) is 21.1. The highest BCUT2D eigenvalue weighted by molar-refractivity contribution is 5.97. The number of pyridine rings is 1. The van der Waals surface area contributed by atoms with Gasteiger partial charge in [-0.25, -0.2) is 9.67 Å². The number of benzene rings is 1. The predicted molar refractivity (Wildman–Crippen MR) is 114 cm³/mol. The number of hydrogen-bond donors (Lipinski definition) is 1. The van der Waals surface area contributed by atoms with Gasteiger partial charge in [0.25, 0.3) is 0 Å². The minimum absolute atomic E-state index is 0.0316. The smallest absolute Gasteiger partial charge is 0.229 e. The van der Waals surface area contributed by atoms with Gasteiger partial charge in [0, 0.05) is 25.2 Å². The molecule has 0 radical (unpaired) electrons. The molecule has 3 heterocycles. The van der Waals surface area contributed by atoms with Crippen molar-refractivity contribution in [1.29, 1.82) is 0 Å². The van der Waals surface area contributed by atoms with Crippen LogP contribution in [0.1, 0.15) is 23.4 Å². The molecule has 1 aromatic carbocycles. The molecule has 2 amide bonds. The molecule has 0 spiro atoms. The van der Waals surface area contributed by atoms with Crippen LogP contribution in [0, 0.1) is 19.8 Å². The van der Waals surface area contributed by atoms with Crippen molar-refractivity contribution < 1.29 is 9.59 Å². The van der Waals surface area contributed by atoms with Gasteiger partial charge in [0.1, 0.15) is 0 Å². The number of amides is 2. The van der Waals surface area contributed by atoms with Crippen LogP contribution in [0.15, 0.2) is 54.7 Å². The molecule has 30 heavy (non-hydrogen) atoms. The fraction of sp³-hybridized carbons (Fsp3) is 0.304. The molecule has 2 aromatic heterocycles. The summed E-state index contributed by atoms with van der Waals surface area (Å²) in [5.41, 5.74) is 3.72. The molecule has 4 rings (SSSR count). The lowest BCUT2D eigenvalue weighted by molar-refractivity contribution is -0.128. The molecule has 154 valence electrons. The first kappa shape index (κ1) is 19.8. The SMILES string of the molecule is Cc1cc(C)n(-c2ccc(NC(=O)C3CC(=O)N(CCc4ccccc4)C3)cn2)n1. The molecule has 1 N–H and O–H groups in total. The van der Waals surface area contributed by atoms with Crippen molar-refractivity contribution in [2.75, 3.05) is 18.4 Å². The van der Waals surface area contributed by atoms with E-state index < -0.39 is 0 Å². The van der Waals surface area contributed by atoms with Crippen LogP contribution in [0.4, 0.5) is 5.69 Å². The van der Waals surface area contributed by atoms with Gasteiger partial charge in [-0.2, -0.15) is 5.10 Å². The van der Waals surface area contributed by atoms with Gasteiger partial charge in [-0.3, -0.25) is 9.59 Å². The molecule has 3 aromatic rings. The summed E-state index contributed by atoms with van der Waals surface area (Å²) in [6.45, 7) is 4.99. The fourth-order valence-electron chi connectivity index (χ4n) is 3.76. The highest BCUT2D eigenvalue weighted by Crippen LogP contribution is 2.21. The Kier molecular flexibility index (Phi) is 5.61. The largest absolute Gasteiger partial charge is 0.342 e. The van der Waals surface area contributed by atoms with Gasteiger partial charge >= 0.3 is 0 Å². The van der Waals surface area contributed by atoms with Crippen molar-refractivity contribution in [1.82, 2.24) is 19.7 Å². The van der Waals surface area contributed by atoms with E-state index >= 15 is 0 Å². The van der Waals surface area contributed by atoms with E-state index in [1.807, 2.05) is 56.3 Å². The van der Waals surface area contributed by atoms with Crippen molar-refractivity contribution in [3.8, 4) is 5.82 Å². The van der Waals surface area contributed by atoms with Crippen molar-refractivity contribution in [3.63, 3.8) is 0 Å². The first-order valence-electron chi connectivity index (χ1n) is 10.1. The monoisotopic (exact) mass is 403 g/mol. The van der Waals surface area contributed by atoms with E-state index in [2.05, 4.69) is 15.4 Å². The van der Waals surface area contributed by atoms with E-state index in [-0.39, 0.29) is 24.2 Å². The number of anilines is 1. The zero-order valence-electron chi connectivity index (χ0n) is 17.2. The van der Waals surface area contributed by atoms with Crippen LogP contribution >= 0.6 is 0 Å². The predicted octanol–water partition coefficient (Wildman–Crippen LogP) is 2.91. The van der Waals surface area contributed by atoms with Gasteiger partial charge in [0.15, 0.2) is 5.82 Å². The van der Waals surface area contributed by atoms with Gasteiger partial charge in [-0.15, -0.1) is 0 Å². The summed E-state index contributed by atoms with van der Waals surface area (Å²) in [4.78, 5) is 31.2. The molecule has 0 bridgehead atoms. The summed E-state index contributed by atoms with van der Waals surface area (Å²) in [6, 6.07) is 15.7. The first-order valence-corrected chi connectivity index (χ1v) is 10.1. The number of nitrogens with zero attached hydrogens (tertiary/aromatic N) is 4. The second-order valence-corrected chi connectivity index (χ2v) is 7.71. The number of aryl methyl sites for hydroxylation is 2. The minimum atomic E-state index is -0.344. The summed E-state index contributed by atoms with van der Waals surface area (Å²) in [7, 11) is 0. The summed E-state index contributed by atoms with van der Waals surface area (Å²) >= 11 is 0. The van der Waals surface area contributed by atoms with Crippen molar-refractivity contribution in [2.45, 2.75) is 26.7 Å². The number of aromatic nitrogens is 3. The Hall–Kier alpha value is -3.48. The van der Waals surface area contributed by atoms with E-state index in [4.69, 9.17) is 0 Å². The number of hydrogen-bond acceptors (Lipinski definition) is 4. The Morgan fingerprint density at radius 2 is 1.97 bits per heavy atom. The van der Waals surface area contributed by atoms with Crippen molar-refractivity contribution >= 4 is 17.5 Å². The Morgan fingerprint density at radius 3 is 2.63 bits per heavy atom. The maximum Gasteiger partial charge on any atom is 0.229 e.